The zero-order chi connectivity index (χ0) is 14.4. The van der Waals surface area contributed by atoms with E-state index in [4.69, 9.17) is 5.11 Å². The molecule has 106 valence electrons. The van der Waals surface area contributed by atoms with Crippen molar-refractivity contribution < 1.29 is 9.90 Å². The van der Waals surface area contributed by atoms with Crippen molar-refractivity contribution in [1.29, 1.82) is 0 Å². The van der Waals surface area contributed by atoms with Gasteiger partial charge in [-0.15, -0.1) is 0 Å². The lowest BCUT2D eigenvalue weighted by Gasteiger charge is -2.21. The summed E-state index contributed by atoms with van der Waals surface area (Å²) in [6.07, 6.45) is 0.988. The minimum Gasteiger partial charge on any atom is -0.478 e. The third kappa shape index (κ3) is 4.56. The smallest absolute Gasteiger partial charge is 0.337 e. The van der Waals surface area contributed by atoms with Crippen molar-refractivity contribution in [2.75, 3.05) is 25.5 Å². The van der Waals surface area contributed by atoms with Crippen LogP contribution in [0.5, 0.6) is 0 Å². The number of aryl methyl sites for hydroxylation is 1. The van der Waals surface area contributed by atoms with Gasteiger partial charge in [0, 0.05) is 12.6 Å². The van der Waals surface area contributed by atoms with E-state index in [1.807, 2.05) is 13.0 Å². The summed E-state index contributed by atoms with van der Waals surface area (Å²) < 4.78 is 0. The van der Waals surface area contributed by atoms with Gasteiger partial charge in [-0.05, 0) is 52.4 Å². The third-order valence-corrected chi connectivity index (χ3v) is 3.37. The molecule has 0 saturated heterocycles. The van der Waals surface area contributed by atoms with E-state index in [-0.39, 0.29) is 0 Å². The maximum Gasteiger partial charge on any atom is 0.337 e. The normalized spacial score (nSPS) is 11.1. The van der Waals surface area contributed by atoms with Gasteiger partial charge in [0.05, 0.1) is 11.3 Å². The Bertz CT molecular complexity index is 430. The first kappa shape index (κ1) is 15.5. The summed E-state index contributed by atoms with van der Waals surface area (Å²) in [6.45, 7) is 8.03. The van der Waals surface area contributed by atoms with Gasteiger partial charge in [0.25, 0.3) is 0 Å². The molecule has 19 heavy (non-hydrogen) atoms. The highest BCUT2D eigenvalue weighted by molar-refractivity contribution is 5.95. The van der Waals surface area contributed by atoms with Crippen molar-refractivity contribution in [3.63, 3.8) is 0 Å². The van der Waals surface area contributed by atoms with E-state index in [1.165, 1.54) is 0 Å². The largest absolute Gasteiger partial charge is 0.478 e. The molecule has 1 rings (SSSR count). The van der Waals surface area contributed by atoms with Crippen LogP contribution in [0.25, 0.3) is 0 Å². The van der Waals surface area contributed by atoms with Gasteiger partial charge in [0.15, 0.2) is 0 Å². The topological polar surface area (TPSA) is 52.6 Å². The molecule has 0 fully saturated rings. The Morgan fingerprint density at radius 3 is 2.68 bits per heavy atom. The quantitative estimate of drug-likeness (QED) is 0.744. The standard InChI is InChI=1S/C15H24N2O2/c1-11(2)17(4)10-6-9-16-14-12(3)7-5-8-13(14)15(18)19/h5,7-8,11,16H,6,9-10H2,1-4H3,(H,18,19). The number of nitrogens with one attached hydrogen (secondary N) is 1. The van der Waals surface area contributed by atoms with Crippen LogP contribution in [0.2, 0.25) is 0 Å². The fraction of sp³-hybridized carbons (Fsp3) is 0.533. The summed E-state index contributed by atoms with van der Waals surface area (Å²) in [5.41, 5.74) is 2.05. The van der Waals surface area contributed by atoms with Crippen molar-refractivity contribution in [1.82, 2.24) is 4.90 Å². The second-order valence-electron chi connectivity index (χ2n) is 5.16. The fourth-order valence-corrected chi connectivity index (χ4v) is 1.88. The molecule has 0 bridgehead atoms. The highest BCUT2D eigenvalue weighted by Crippen LogP contribution is 2.20. The predicted octanol–water partition coefficient (Wildman–Crippen LogP) is 2.84. The Kier molecular flexibility index (Phi) is 5.83. The van der Waals surface area contributed by atoms with Gasteiger partial charge in [0.2, 0.25) is 0 Å². The number of hydrogen-bond acceptors (Lipinski definition) is 3. The molecule has 0 saturated carbocycles. The van der Waals surface area contributed by atoms with Gasteiger partial charge in [-0.2, -0.15) is 0 Å². The van der Waals surface area contributed by atoms with E-state index >= 15 is 0 Å². The Morgan fingerprint density at radius 1 is 1.42 bits per heavy atom. The maximum absolute atomic E-state index is 11.2. The first-order chi connectivity index (χ1) is 8.93. The van der Waals surface area contributed by atoms with Crippen molar-refractivity contribution in [2.45, 2.75) is 33.2 Å². The number of hydrogen-bond donors (Lipinski definition) is 2. The van der Waals surface area contributed by atoms with E-state index in [0.717, 1.165) is 30.8 Å². The molecule has 0 aromatic heterocycles. The van der Waals surface area contributed by atoms with Crippen LogP contribution in [0.15, 0.2) is 18.2 Å². The summed E-state index contributed by atoms with van der Waals surface area (Å²) in [6, 6.07) is 5.87. The Hall–Kier alpha value is -1.55. The molecule has 0 amide bonds. The van der Waals surface area contributed by atoms with Crippen LogP contribution in [-0.4, -0.2) is 42.2 Å². The third-order valence-electron chi connectivity index (χ3n) is 3.37. The average molecular weight is 264 g/mol. The van der Waals surface area contributed by atoms with Gasteiger partial charge < -0.3 is 15.3 Å². The number of carboxylic acids is 1. The lowest BCUT2D eigenvalue weighted by atomic mass is 10.1. The molecular weight excluding hydrogens is 240 g/mol. The molecule has 4 nitrogen and oxygen atoms in total. The monoisotopic (exact) mass is 264 g/mol. The number of rotatable bonds is 7. The molecular formula is C15H24N2O2. The Balaban J connectivity index is 2.56. The van der Waals surface area contributed by atoms with E-state index < -0.39 is 5.97 Å². The lowest BCUT2D eigenvalue weighted by molar-refractivity contribution is 0.0698. The zero-order valence-electron chi connectivity index (χ0n) is 12.2. The first-order valence-electron chi connectivity index (χ1n) is 6.70. The molecule has 0 atom stereocenters. The zero-order valence-corrected chi connectivity index (χ0v) is 12.2. The van der Waals surface area contributed by atoms with Crippen molar-refractivity contribution in [2.24, 2.45) is 0 Å². The van der Waals surface area contributed by atoms with Gasteiger partial charge in [-0.1, -0.05) is 12.1 Å². The molecule has 0 unspecified atom stereocenters. The van der Waals surface area contributed by atoms with Crippen LogP contribution in [0.4, 0.5) is 5.69 Å². The van der Waals surface area contributed by atoms with E-state index in [0.29, 0.717) is 11.6 Å². The molecule has 1 aromatic rings. The first-order valence-corrected chi connectivity index (χ1v) is 6.70. The maximum atomic E-state index is 11.2. The summed E-state index contributed by atoms with van der Waals surface area (Å²) in [7, 11) is 2.10. The van der Waals surface area contributed by atoms with Crippen LogP contribution in [-0.2, 0) is 0 Å². The molecule has 2 N–H and O–H groups in total. The highest BCUT2D eigenvalue weighted by Gasteiger charge is 2.11. The van der Waals surface area contributed by atoms with Crippen LogP contribution >= 0.6 is 0 Å². The van der Waals surface area contributed by atoms with Crippen LogP contribution in [0, 0.1) is 6.92 Å². The Morgan fingerprint density at radius 2 is 2.11 bits per heavy atom. The molecule has 0 spiro atoms. The molecule has 0 aliphatic carbocycles. The summed E-state index contributed by atoms with van der Waals surface area (Å²) in [5, 5.41) is 12.4. The highest BCUT2D eigenvalue weighted by atomic mass is 16.4. The molecule has 0 heterocycles. The number of nitrogens with zero attached hydrogens (tertiary/aromatic N) is 1. The molecule has 0 aliphatic heterocycles. The molecule has 0 radical (unpaired) electrons. The van der Waals surface area contributed by atoms with E-state index in [9.17, 15) is 4.79 Å². The lowest BCUT2D eigenvalue weighted by Crippen LogP contribution is -2.28. The number of para-hydroxylation sites is 1. The van der Waals surface area contributed by atoms with Crippen LogP contribution in [0.1, 0.15) is 36.2 Å². The number of carboxylic acid groups (broad SMARTS) is 1. The molecule has 1 aromatic carbocycles. The van der Waals surface area contributed by atoms with Gasteiger partial charge in [-0.3, -0.25) is 0 Å². The number of anilines is 1. The van der Waals surface area contributed by atoms with Crippen LogP contribution < -0.4 is 5.32 Å². The number of benzene rings is 1. The van der Waals surface area contributed by atoms with Gasteiger partial charge in [-0.25, -0.2) is 4.79 Å². The van der Waals surface area contributed by atoms with Crippen molar-refractivity contribution in [3.05, 3.63) is 29.3 Å². The van der Waals surface area contributed by atoms with E-state index in [1.54, 1.807) is 12.1 Å². The number of aromatic carboxylic acids is 1. The minimum absolute atomic E-state index is 0.345. The van der Waals surface area contributed by atoms with Crippen molar-refractivity contribution in [3.8, 4) is 0 Å². The summed E-state index contributed by atoms with van der Waals surface area (Å²) >= 11 is 0. The molecule has 4 heteroatoms. The summed E-state index contributed by atoms with van der Waals surface area (Å²) in [5.74, 6) is -0.884. The second kappa shape index (κ2) is 7.14. The van der Waals surface area contributed by atoms with Crippen molar-refractivity contribution >= 4 is 11.7 Å². The minimum atomic E-state index is -0.884. The second-order valence-corrected chi connectivity index (χ2v) is 5.16. The van der Waals surface area contributed by atoms with Gasteiger partial charge >= 0.3 is 5.97 Å². The van der Waals surface area contributed by atoms with E-state index in [2.05, 4.69) is 31.1 Å². The average Bonchev–Trinajstić information content (AvgIpc) is 2.35. The fourth-order valence-electron chi connectivity index (χ4n) is 1.88. The van der Waals surface area contributed by atoms with Gasteiger partial charge in [0.1, 0.15) is 0 Å². The van der Waals surface area contributed by atoms with Crippen LogP contribution in [0.3, 0.4) is 0 Å². The Labute approximate surface area is 115 Å². The number of carbonyl (C=O) groups is 1. The molecule has 0 aliphatic rings. The predicted molar refractivity (Wildman–Crippen MR) is 79.0 cm³/mol. The SMILES string of the molecule is Cc1cccc(C(=O)O)c1NCCCN(C)C(C)C. The summed E-state index contributed by atoms with van der Waals surface area (Å²) in [4.78, 5) is 13.4.